The van der Waals surface area contributed by atoms with Crippen LogP contribution in [0.4, 0.5) is 0 Å². The van der Waals surface area contributed by atoms with Crippen molar-refractivity contribution < 1.29 is 9.90 Å². The molecule has 1 amide bonds. The second-order valence-corrected chi connectivity index (χ2v) is 4.76. The Hall–Kier alpha value is -0.610. The normalized spacial score (nSPS) is 26.5. The number of β-amino-alcohol motifs (C(OH)–C–C–N with tert-alkyl or cyclic N) is 1. The molecule has 15 heavy (non-hydrogen) atoms. The second kappa shape index (κ2) is 4.49. The van der Waals surface area contributed by atoms with Gasteiger partial charge in [0.15, 0.2) is 0 Å². The number of hydrogen-bond acceptors (Lipinski definition) is 3. The van der Waals surface area contributed by atoms with E-state index in [1.807, 2.05) is 4.90 Å². The van der Waals surface area contributed by atoms with E-state index in [1.165, 1.54) is 12.8 Å². The standard InChI is InChI=1S/C11H20N2O2/c1-9(14)7-12-5-2-6-13(10-3-4-10)11(15)8-12/h9-10,14H,2-8H2,1H3. The second-order valence-electron chi connectivity index (χ2n) is 4.76. The molecule has 1 aliphatic heterocycles. The minimum Gasteiger partial charge on any atom is -0.392 e. The molecule has 1 saturated carbocycles. The molecule has 0 spiro atoms. The summed E-state index contributed by atoms with van der Waals surface area (Å²) in [5.41, 5.74) is 0. The van der Waals surface area contributed by atoms with Crippen molar-refractivity contribution in [3.8, 4) is 0 Å². The molecule has 1 unspecified atom stereocenters. The molecule has 1 aliphatic carbocycles. The maximum absolute atomic E-state index is 11.9. The van der Waals surface area contributed by atoms with Crippen LogP contribution in [-0.2, 0) is 4.79 Å². The van der Waals surface area contributed by atoms with Gasteiger partial charge in [0.25, 0.3) is 0 Å². The molecule has 0 aromatic rings. The molecule has 0 bridgehead atoms. The van der Waals surface area contributed by atoms with Crippen LogP contribution in [0, 0.1) is 0 Å². The van der Waals surface area contributed by atoms with Crippen molar-refractivity contribution >= 4 is 5.91 Å². The molecular weight excluding hydrogens is 192 g/mol. The van der Waals surface area contributed by atoms with Gasteiger partial charge < -0.3 is 10.0 Å². The molecular formula is C11H20N2O2. The highest BCUT2D eigenvalue weighted by Crippen LogP contribution is 2.27. The van der Waals surface area contributed by atoms with Gasteiger partial charge in [0.1, 0.15) is 0 Å². The third kappa shape index (κ3) is 2.92. The Kier molecular flexibility index (Phi) is 3.26. The summed E-state index contributed by atoms with van der Waals surface area (Å²) in [6.45, 7) is 4.71. The number of aliphatic hydroxyl groups excluding tert-OH is 1. The molecule has 0 aromatic carbocycles. The van der Waals surface area contributed by atoms with Crippen LogP contribution < -0.4 is 0 Å². The van der Waals surface area contributed by atoms with Gasteiger partial charge in [-0.15, -0.1) is 0 Å². The predicted octanol–water partition coefficient (Wildman–Crippen LogP) is 0.0639. The van der Waals surface area contributed by atoms with Gasteiger partial charge >= 0.3 is 0 Å². The van der Waals surface area contributed by atoms with E-state index < -0.39 is 0 Å². The van der Waals surface area contributed by atoms with Crippen molar-refractivity contribution in [1.29, 1.82) is 0 Å². The smallest absolute Gasteiger partial charge is 0.236 e. The molecule has 1 N–H and O–H groups in total. The maximum Gasteiger partial charge on any atom is 0.236 e. The van der Waals surface area contributed by atoms with Gasteiger partial charge in [0.2, 0.25) is 5.91 Å². The molecule has 2 rings (SSSR count). The van der Waals surface area contributed by atoms with Crippen molar-refractivity contribution in [2.45, 2.75) is 38.3 Å². The average Bonchev–Trinajstić information content (AvgIpc) is 2.91. The van der Waals surface area contributed by atoms with Gasteiger partial charge in [-0.05, 0) is 26.2 Å². The van der Waals surface area contributed by atoms with Crippen molar-refractivity contribution in [3.05, 3.63) is 0 Å². The van der Waals surface area contributed by atoms with E-state index in [2.05, 4.69) is 4.90 Å². The molecule has 1 atom stereocenters. The lowest BCUT2D eigenvalue weighted by molar-refractivity contribution is -0.131. The average molecular weight is 212 g/mol. The fourth-order valence-electron chi connectivity index (χ4n) is 2.25. The number of nitrogens with zero attached hydrogens (tertiary/aromatic N) is 2. The number of amides is 1. The Morgan fingerprint density at radius 2 is 2.20 bits per heavy atom. The number of hydrogen-bond donors (Lipinski definition) is 1. The van der Waals surface area contributed by atoms with Gasteiger partial charge in [-0.1, -0.05) is 0 Å². The van der Waals surface area contributed by atoms with E-state index in [9.17, 15) is 9.90 Å². The summed E-state index contributed by atoms with van der Waals surface area (Å²) < 4.78 is 0. The van der Waals surface area contributed by atoms with Crippen LogP contribution in [0.2, 0.25) is 0 Å². The topological polar surface area (TPSA) is 43.8 Å². The summed E-state index contributed by atoms with van der Waals surface area (Å²) in [6.07, 6.45) is 3.06. The molecule has 2 aliphatic rings. The number of carbonyl (C=O) groups is 1. The summed E-state index contributed by atoms with van der Waals surface area (Å²) in [6, 6.07) is 0.531. The quantitative estimate of drug-likeness (QED) is 0.719. The Balaban J connectivity index is 1.89. The lowest BCUT2D eigenvalue weighted by Gasteiger charge is -2.22. The van der Waals surface area contributed by atoms with Crippen molar-refractivity contribution in [3.63, 3.8) is 0 Å². The van der Waals surface area contributed by atoms with Gasteiger partial charge in [0, 0.05) is 25.7 Å². The summed E-state index contributed by atoms with van der Waals surface area (Å²) in [7, 11) is 0. The molecule has 4 heteroatoms. The van der Waals surface area contributed by atoms with Crippen LogP contribution >= 0.6 is 0 Å². The van der Waals surface area contributed by atoms with Crippen LogP contribution in [0.5, 0.6) is 0 Å². The van der Waals surface area contributed by atoms with E-state index in [0.29, 0.717) is 19.1 Å². The van der Waals surface area contributed by atoms with Gasteiger partial charge in [-0.2, -0.15) is 0 Å². The molecule has 4 nitrogen and oxygen atoms in total. The SMILES string of the molecule is CC(O)CN1CCCN(C2CC2)C(=O)C1. The van der Waals surface area contributed by atoms with Crippen LogP contribution in [-0.4, -0.2) is 59.1 Å². The van der Waals surface area contributed by atoms with Gasteiger partial charge in [0.05, 0.1) is 12.6 Å². The molecule has 2 fully saturated rings. The van der Waals surface area contributed by atoms with Crippen molar-refractivity contribution in [1.82, 2.24) is 9.80 Å². The lowest BCUT2D eigenvalue weighted by Crippen LogP contribution is -2.39. The molecule has 1 heterocycles. The number of aliphatic hydroxyl groups is 1. The largest absolute Gasteiger partial charge is 0.392 e. The molecule has 0 aromatic heterocycles. The summed E-state index contributed by atoms with van der Waals surface area (Å²) in [4.78, 5) is 16.0. The number of carbonyl (C=O) groups excluding carboxylic acids is 1. The summed E-state index contributed by atoms with van der Waals surface area (Å²) >= 11 is 0. The first-order valence-electron chi connectivity index (χ1n) is 5.86. The van der Waals surface area contributed by atoms with E-state index in [4.69, 9.17) is 0 Å². The fraction of sp³-hybridized carbons (Fsp3) is 0.909. The van der Waals surface area contributed by atoms with E-state index in [1.54, 1.807) is 6.92 Å². The third-order valence-electron chi connectivity index (χ3n) is 3.06. The van der Waals surface area contributed by atoms with Crippen molar-refractivity contribution in [2.75, 3.05) is 26.2 Å². The lowest BCUT2D eigenvalue weighted by atomic mass is 10.3. The van der Waals surface area contributed by atoms with Crippen LogP contribution in [0.1, 0.15) is 26.2 Å². The highest BCUT2D eigenvalue weighted by molar-refractivity contribution is 5.79. The van der Waals surface area contributed by atoms with Crippen LogP contribution in [0.25, 0.3) is 0 Å². The van der Waals surface area contributed by atoms with E-state index in [0.717, 1.165) is 19.5 Å². The Labute approximate surface area is 90.9 Å². The molecule has 1 saturated heterocycles. The van der Waals surface area contributed by atoms with Crippen LogP contribution in [0.3, 0.4) is 0 Å². The summed E-state index contributed by atoms with van der Waals surface area (Å²) in [5.74, 6) is 0.246. The van der Waals surface area contributed by atoms with Crippen LogP contribution in [0.15, 0.2) is 0 Å². The maximum atomic E-state index is 11.9. The highest BCUT2D eigenvalue weighted by atomic mass is 16.3. The highest BCUT2D eigenvalue weighted by Gasteiger charge is 2.34. The van der Waals surface area contributed by atoms with Gasteiger partial charge in [-0.25, -0.2) is 0 Å². The fourth-order valence-corrected chi connectivity index (χ4v) is 2.25. The molecule has 86 valence electrons. The zero-order chi connectivity index (χ0) is 10.8. The molecule has 0 radical (unpaired) electrons. The van der Waals surface area contributed by atoms with Gasteiger partial charge in [-0.3, -0.25) is 9.69 Å². The predicted molar refractivity (Wildman–Crippen MR) is 57.5 cm³/mol. The Bertz CT molecular complexity index is 239. The first-order valence-corrected chi connectivity index (χ1v) is 5.86. The monoisotopic (exact) mass is 212 g/mol. The third-order valence-corrected chi connectivity index (χ3v) is 3.06. The van der Waals surface area contributed by atoms with E-state index >= 15 is 0 Å². The Morgan fingerprint density at radius 1 is 1.47 bits per heavy atom. The Morgan fingerprint density at radius 3 is 2.80 bits per heavy atom. The summed E-state index contributed by atoms with van der Waals surface area (Å²) in [5, 5.41) is 9.30. The van der Waals surface area contributed by atoms with E-state index in [-0.39, 0.29) is 12.0 Å². The first kappa shape index (κ1) is 10.9. The first-order chi connectivity index (χ1) is 7.16. The number of rotatable bonds is 3. The van der Waals surface area contributed by atoms with Crippen molar-refractivity contribution in [2.24, 2.45) is 0 Å². The minimum absolute atomic E-state index is 0.246. The minimum atomic E-state index is -0.342. The zero-order valence-electron chi connectivity index (χ0n) is 9.35. The zero-order valence-corrected chi connectivity index (χ0v) is 9.35.